The van der Waals surface area contributed by atoms with Gasteiger partial charge in [0.05, 0.1) is 19.0 Å². The molecule has 3 rings (SSSR count). The van der Waals surface area contributed by atoms with Gasteiger partial charge in [-0.25, -0.2) is 4.98 Å². The van der Waals surface area contributed by atoms with Crippen LogP contribution in [0.4, 0.5) is 0 Å². The number of hydrogen-bond donors (Lipinski definition) is 1. The van der Waals surface area contributed by atoms with Crippen LogP contribution < -0.4 is 4.74 Å². The molecule has 2 aromatic heterocycles. The highest BCUT2D eigenvalue weighted by Crippen LogP contribution is 2.39. The molecule has 0 aliphatic heterocycles. The van der Waals surface area contributed by atoms with E-state index in [9.17, 15) is 0 Å². The molecule has 0 aromatic carbocycles. The smallest absolute Gasteiger partial charge is 0.216 e. The number of methoxy groups -OCH3 is 1. The second-order valence-electron chi connectivity index (χ2n) is 3.91. The van der Waals surface area contributed by atoms with Crippen LogP contribution in [-0.2, 0) is 0 Å². The van der Waals surface area contributed by atoms with Crippen molar-refractivity contribution in [1.82, 2.24) is 20.2 Å². The van der Waals surface area contributed by atoms with Crippen molar-refractivity contribution in [2.24, 2.45) is 0 Å². The van der Waals surface area contributed by atoms with E-state index in [1.165, 1.54) is 12.8 Å². The molecule has 0 atom stereocenters. The van der Waals surface area contributed by atoms with Crippen LogP contribution in [0.5, 0.6) is 5.88 Å². The number of H-pyrrole nitrogens is 1. The standard InChI is InChI=1S/C11H12N4O/c1-16-10-4-9(8-5-12-13-6-8)14-11(15-10)7-2-3-7/h4-7H,2-3H2,1H3,(H,12,13). The molecule has 0 unspecified atom stereocenters. The maximum Gasteiger partial charge on any atom is 0.216 e. The van der Waals surface area contributed by atoms with Crippen LogP contribution in [0.15, 0.2) is 18.5 Å². The molecule has 0 spiro atoms. The number of rotatable bonds is 3. The van der Waals surface area contributed by atoms with Crippen LogP contribution >= 0.6 is 0 Å². The van der Waals surface area contributed by atoms with Crippen molar-refractivity contribution in [2.45, 2.75) is 18.8 Å². The van der Waals surface area contributed by atoms with Crippen molar-refractivity contribution < 1.29 is 4.74 Å². The molecule has 0 radical (unpaired) electrons. The number of hydrogen-bond acceptors (Lipinski definition) is 4. The SMILES string of the molecule is COc1cc(-c2cn[nH]c2)nc(C2CC2)n1. The Hall–Kier alpha value is -1.91. The fourth-order valence-electron chi connectivity index (χ4n) is 1.61. The minimum Gasteiger partial charge on any atom is -0.481 e. The molecule has 0 saturated heterocycles. The second-order valence-corrected chi connectivity index (χ2v) is 3.91. The summed E-state index contributed by atoms with van der Waals surface area (Å²) in [6.07, 6.45) is 5.92. The van der Waals surface area contributed by atoms with E-state index < -0.39 is 0 Å². The summed E-state index contributed by atoms with van der Waals surface area (Å²) in [5.74, 6) is 2.02. The van der Waals surface area contributed by atoms with Crippen LogP contribution in [-0.4, -0.2) is 27.3 Å². The average molecular weight is 216 g/mol. The number of nitrogens with one attached hydrogen (secondary N) is 1. The first kappa shape index (κ1) is 9.33. The summed E-state index contributed by atoms with van der Waals surface area (Å²) in [7, 11) is 1.62. The Bertz CT molecular complexity index is 491. The van der Waals surface area contributed by atoms with Crippen molar-refractivity contribution in [1.29, 1.82) is 0 Å². The lowest BCUT2D eigenvalue weighted by Crippen LogP contribution is -1.98. The fourth-order valence-corrected chi connectivity index (χ4v) is 1.61. The summed E-state index contributed by atoms with van der Waals surface area (Å²) in [5.41, 5.74) is 1.82. The van der Waals surface area contributed by atoms with Crippen molar-refractivity contribution in [3.05, 3.63) is 24.3 Å². The predicted molar refractivity (Wildman–Crippen MR) is 58.1 cm³/mol. The molecule has 1 aliphatic carbocycles. The Kier molecular flexibility index (Phi) is 2.09. The van der Waals surface area contributed by atoms with Gasteiger partial charge in [-0.1, -0.05) is 0 Å². The third-order valence-corrected chi connectivity index (χ3v) is 2.67. The average Bonchev–Trinajstić information content (AvgIpc) is 3.04. The summed E-state index contributed by atoms with van der Waals surface area (Å²) < 4.78 is 5.19. The van der Waals surface area contributed by atoms with Crippen LogP contribution in [0.2, 0.25) is 0 Å². The molecule has 5 heteroatoms. The first-order chi connectivity index (χ1) is 7.86. The van der Waals surface area contributed by atoms with E-state index in [1.807, 2.05) is 12.3 Å². The Labute approximate surface area is 92.9 Å². The zero-order valence-corrected chi connectivity index (χ0v) is 8.97. The molecule has 1 aliphatic rings. The summed E-state index contributed by atoms with van der Waals surface area (Å²) in [6, 6.07) is 1.83. The summed E-state index contributed by atoms with van der Waals surface area (Å²) in [5, 5.41) is 6.70. The molecule has 1 fully saturated rings. The topological polar surface area (TPSA) is 63.7 Å². The molecule has 16 heavy (non-hydrogen) atoms. The first-order valence-corrected chi connectivity index (χ1v) is 5.29. The zero-order chi connectivity index (χ0) is 11.0. The Balaban J connectivity index is 2.06. The number of aromatic amines is 1. The number of ether oxygens (including phenoxy) is 1. The van der Waals surface area contributed by atoms with Gasteiger partial charge >= 0.3 is 0 Å². The molecule has 2 heterocycles. The predicted octanol–water partition coefficient (Wildman–Crippen LogP) is 1.75. The highest BCUT2D eigenvalue weighted by molar-refractivity contribution is 5.58. The molecular formula is C11H12N4O. The maximum atomic E-state index is 5.19. The lowest BCUT2D eigenvalue weighted by molar-refractivity contribution is 0.395. The zero-order valence-electron chi connectivity index (χ0n) is 8.97. The third kappa shape index (κ3) is 1.64. The van der Waals surface area contributed by atoms with E-state index in [-0.39, 0.29) is 0 Å². The Morgan fingerprint density at radius 1 is 1.38 bits per heavy atom. The van der Waals surface area contributed by atoms with Gasteiger partial charge in [-0.05, 0) is 12.8 Å². The van der Waals surface area contributed by atoms with Crippen LogP contribution in [0.1, 0.15) is 24.6 Å². The monoisotopic (exact) mass is 216 g/mol. The van der Waals surface area contributed by atoms with Gasteiger partial charge in [-0.2, -0.15) is 10.1 Å². The molecule has 0 bridgehead atoms. The van der Waals surface area contributed by atoms with Crippen molar-refractivity contribution >= 4 is 0 Å². The van der Waals surface area contributed by atoms with Crippen LogP contribution in [0, 0.1) is 0 Å². The Morgan fingerprint density at radius 3 is 2.88 bits per heavy atom. The molecule has 1 saturated carbocycles. The van der Waals surface area contributed by atoms with E-state index in [0.717, 1.165) is 17.1 Å². The second kappa shape index (κ2) is 3.59. The lowest BCUT2D eigenvalue weighted by atomic mass is 10.2. The lowest BCUT2D eigenvalue weighted by Gasteiger charge is -2.04. The molecular weight excluding hydrogens is 204 g/mol. The van der Waals surface area contributed by atoms with Gasteiger partial charge in [0, 0.05) is 23.7 Å². The van der Waals surface area contributed by atoms with Crippen molar-refractivity contribution in [3.63, 3.8) is 0 Å². The van der Waals surface area contributed by atoms with Gasteiger partial charge in [0.1, 0.15) is 5.82 Å². The highest BCUT2D eigenvalue weighted by atomic mass is 16.5. The highest BCUT2D eigenvalue weighted by Gasteiger charge is 2.27. The van der Waals surface area contributed by atoms with Crippen LogP contribution in [0.3, 0.4) is 0 Å². The third-order valence-electron chi connectivity index (χ3n) is 2.67. The minimum absolute atomic E-state index is 0.515. The van der Waals surface area contributed by atoms with Gasteiger partial charge < -0.3 is 4.74 Å². The fraction of sp³-hybridized carbons (Fsp3) is 0.364. The summed E-state index contributed by atoms with van der Waals surface area (Å²) >= 11 is 0. The van der Waals surface area contributed by atoms with Gasteiger partial charge in [-0.15, -0.1) is 0 Å². The minimum atomic E-state index is 0.515. The first-order valence-electron chi connectivity index (χ1n) is 5.29. The van der Waals surface area contributed by atoms with Gasteiger partial charge in [0.2, 0.25) is 5.88 Å². The van der Waals surface area contributed by atoms with E-state index in [0.29, 0.717) is 11.8 Å². The van der Waals surface area contributed by atoms with Crippen LogP contribution in [0.25, 0.3) is 11.3 Å². The summed E-state index contributed by atoms with van der Waals surface area (Å²) in [6.45, 7) is 0. The maximum absolute atomic E-state index is 5.19. The molecule has 2 aromatic rings. The largest absolute Gasteiger partial charge is 0.481 e. The molecule has 0 amide bonds. The molecule has 5 nitrogen and oxygen atoms in total. The number of nitrogens with zero attached hydrogens (tertiary/aromatic N) is 3. The Morgan fingerprint density at radius 2 is 2.25 bits per heavy atom. The van der Waals surface area contributed by atoms with E-state index >= 15 is 0 Å². The normalized spacial score (nSPS) is 15.1. The van der Waals surface area contributed by atoms with E-state index in [4.69, 9.17) is 4.74 Å². The van der Waals surface area contributed by atoms with Crippen molar-refractivity contribution in [3.8, 4) is 17.1 Å². The molecule has 1 N–H and O–H groups in total. The van der Waals surface area contributed by atoms with Gasteiger partial charge in [-0.3, -0.25) is 5.10 Å². The number of aromatic nitrogens is 4. The van der Waals surface area contributed by atoms with E-state index in [1.54, 1.807) is 13.3 Å². The van der Waals surface area contributed by atoms with E-state index in [2.05, 4.69) is 20.2 Å². The van der Waals surface area contributed by atoms with Gasteiger partial charge in [0.25, 0.3) is 0 Å². The van der Waals surface area contributed by atoms with Gasteiger partial charge in [0.15, 0.2) is 0 Å². The van der Waals surface area contributed by atoms with Crippen molar-refractivity contribution in [2.75, 3.05) is 7.11 Å². The summed E-state index contributed by atoms with van der Waals surface area (Å²) in [4.78, 5) is 8.89. The molecule has 82 valence electrons. The quantitative estimate of drug-likeness (QED) is 0.849.